The van der Waals surface area contributed by atoms with Gasteiger partial charge in [0.25, 0.3) is 11.5 Å². The first-order valence-corrected chi connectivity index (χ1v) is 9.41. The van der Waals surface area contributed by atoms with Crippen molar-refractivity contribution in [1.82, 2.24) is 14.9 Å². The molecular weight excluding hydrogens is 356 g/mol. The highest BCUT2D eigenvalue weighted by molar-refractivity contribution is 5.91. The Morgan fingerprint density at radius 2 is 2.00 bits per heavy atom. The molecule has 1 N–H and O–H groups in total. The number of nitrogens with one attached hydrogen (secondary N) is 1. The van der Waals surface area contributed by atoms with Crippen molar-refractivity contribution in [3.63, 3.8) is 0 Å². The molecule has 3 aromatic heterocycles. The molecule has 0 unspecified atom stereocenters. The molecule has 0 saturated carbocycles. The lowest BCUT2D eigenvalue weighted by Gasteiger charge is -2.16. The molecule has 0 aromatic carbocycles. The summed E-state index contributed by atoms with van der Waals surface area (Å²) in [4.78, 5) is 30.9. The third kappa shape index (κ3) is 4.14. The van der Waals surface area contributed by atoms with E-state index >= 15 is 0 Å². The normalized spacial score (nSPS) is 13.6. The molecule has 0 radical (unpaired) electrons. The molecule has 1 saturated heterocycles. The number of anilines is 1. The molecule has 0 aliphatic carbocycles. The number of carbonyl (C=O) groups is 1. The molecule has 144 valence electrons. The van der Waals surface area contributed by atoms with Gasteiger partial charge in [-0.1, -0.05) is 6.07 Å². The minimum absolute atomic E-state index is 0.114. The van der Waals surface area contributed by atoms with E-state index in [2.05, 4.69) is 15.2 Å². The second kappa shape index (κ2) is 8.12. The van der Waals surface area contributed by atoms with Crippen LogP contribution in [0.25, 0.3) is 0 Å². The zero-order valence-corrected chi connectivity index (χ0v) is 15.5. The fourth-order valence-corrected chi connectivity index (χ4v) is 3.30. The quantitative estimate of drug-likeness (QED) is 0.713. The Labute approximate surface area is 162 Å². The fraction of sp³-hybridized carbons (Fsp3) is 0.286. The Morgan fingerprint density at radius 1 is 1.14 bits per heavy atom. The molecule has 28 heavy (non-hydrogen) atoms. The van der Waals surface area contributed by atoms with Gasteiger partial charge in [-0.3, -0.25) is 9.59 Å². The molecule has 4 rings (SSSR count). The van der Waals surface area contributed by atoms with E-state index in [1.807, 2.05) is 12.1 Å². The molecule has 1 amide bonds. The van der Waals surface area contributed by atoms with E-state index in [0.29, 0.717) is 12.3 Å². The van der Waals surface area contributed by atoms with Gasteiger partial charge in [0.05, 0.1) is 6.54 Å². The summed E-state index contributed by atoms with van der Waals surface area (Å²) in [5, 5.41) is 2.87. The lowest BCUT2D eigenvalue weighted by Crippen LogP contribution is -2.23. The van der Waals surface area contributed by atoms with Crippen molar-refractivity contribution in [2.45, 2.75) is 25.9 Å². The molecule has 1 aliphatic heterocycles. The lowest BCUT2D eigenvalue weighted by molar-refractivity contribution is 0.0921. The highest BCUT2D eigenvalue weighted by Crippen LogP contribution is 2.18. The van der Waals surface area contributed by atoms with Gasteiger partial charge < -0.3 is 19.2 Å². The largest absolute Gasteiger partial charge is 0.454 e. The first-order chi connectivity index (χ1) is 13.7. The van der Waals surface area contributed by atoms with Gasteiger partial charge in [0, 0.05) is 38.1 Å². The van der Waals surface area contributed by atoms with Gasteiger partial charge in [-0.2, -0.15) is 0 Å². The number of hydrogen-bond donors (Lipinski definition) is 1. The summed E-state index contributed by atoms with van der Waals surface area (Å²) in [6.07, 6.45) is 5.85. The third-order valence-corrected chi connectivity index (χ3v) is 4.80. The number of nitrogens with zero attached hydrogens (tertiary/aromatic N) is 3. The molecule has 1 aliphatic rings. The number of aromatic nitrogens is 2. The fourth-order valence-electron chi connectivity index (χ4n) is 3.30. The number of furan rings is 1. The van der Waals surface area contributed by atoms with E-state index in [-0.39, 0.29) is 23.8 Å². The number of carbonyl (C=O) groups excluding carboxylic acids is 1. The van der Waals surface area contributed by atoms with Crippen molar-refractivity contribution in [2.75, 3.05) is 18.0 Å². The Morgan fingerprint density at radius 3 is 2.82 bits per heavy atom. The van der Waals surface area contributed by atoms with Crippen LogP contribution in [-0.4, -0.2) is 28.5 Å². The SMILES string of the molecule is O=C(NCc1ccnc(N2CCCC2)c1)c1ccc(Cn2ccccc2=O)o1. The van der Waals surface area contributed by atoms with Gasteiger partial charge in [0.15, 0.2) is 5.76 Å². The smallest absolute Gasteiger partial charge is 0.287 e. The van der Waals surface area contributed by atoms with Gasteiger partial charge >= 0.3 is 0 Å². The number of amides is 1. The lowest BCUT2D eigenvalue weighted by atomic mass is 10.2. The summed E-state index contributed by atoms with van der Waals surface area (Å²) >= 11 is 0. The second-order valence-electron chi connectivity index (χ2n) is 6.83. The first kappa shape index (κ1) is 18.0. The predicted octanol–water partition coefficient (Wildman–Crippen LogP) is 2.41. The third-order valence-electron chi connectivity index (χ3n) is 4.80. The van der Waals surface area contributed by atoms with Gasteiger partial charge in [-0.25, -0.2) is 4.98 Å². The zero-order valence-electron chi connectivity index (χ0n) is 15.5. The minimum Gasteiger partial charge on any atom is -0.454 e. The second-order valence-corrected chi connectivity index (χ2v) is 6.83. The summed E-state index contributed by atoms with van der Waals surface area (Å²) < 4.78 is 7.13. The van der Waals surface area contributed by atoms with Crippen LogP contribution in [0.3, 0.4) is 0 Å². The molecular formula is C21H22N4O3. The summed E-state index contributed by atoms with van der Waals surface area (Å²) in [5.41, 5.74) is 0.879. The average molecular weight is 378 g/mol. The van der Waals surface area contributed by atoms with Crippen LogP contribution < -0.4 is 15.8 Å². The summed E-state index contributed by atoms with van der Waals surface area (Å²) in [6.45, 7) is 2.75. The van der Waals surface area contributed by atoms with Crippen LogP contribution in [0, 0.1) is 0 Å². The van der Waals surface area contributed by atoms with Gasteiger partial charge in [0.2, 0.25) is 0 Å². The van der Waals surface area contributed by atoms with Crippen molar-refractivity contribution in [2.24, 2.45) is 0 Å². The highest BCUT2D eigenvalue weighted by atomic mass is 16.4. The maximum Gasteiger partial charge on any atom is 0.287 e. The van der Waals surface area contributed by atoms with Crippen molar-refractivity contribution < 1.29 is 9.21 Å². The summed E-state index contributed by atoms with van der Waals surface area (Å²) in [7, 11) is 0. The number of hydrogen-bond acceptors (Lipinski definition) is 5. The molecule has 4 heterocycles. The zero-order chi connectivity index (χ0) is 19.3. The summed E-state index contributed by atoms with van der Waals surface area (Å²) in [5.74, 6) is 1.45. The average Bonchev–Trinajstić information content (AvgIpc) is 3.40. The van der Waals surface area contributed by atoms with E-state index in [0.717, 1.165) is 24.5 Å². The van der Waals surface area contributed by atoms with Crippen LogP contribution in [0.5, 0.6) is 0 Å². The topological polar surface area (TPSA) is 80.4 Å². The van der Waals surface area contributed by atoms with E-state index in [1.54, 1.807) is 36.7 Å². The van der Waals surface area contributed by atoms with Crippen LogP contribution in [0.4, 0.5) is 5.82 Å². The Balaban J connectivity index is 1.37. The predicted molar refractivity (Wildman–Crippen MR) is 105 cm³/mol. The van der Waals surface area contributed by atoms with Gasteiger partial charge in [0.1, 0.15) is 11.6 Å². The molecule has 3 aromatic rings. The molecule has 7 nitrogen and oxygen atoms in total. The van der Waals surface area contributed by atoms with Crippen LogP contribution in [-0.2, 0) is 13.1 Å². The van der Waals surface area contributed by atoms with Crippen molar-refractivity contribution in [3.8, 4) is 0 Å². The van der Waals surface area contributed by atoms with E-state index in [1.165, 1.54) is 23.5 Å². The standard InChI is InChI=1S/C21H22N4O3/c26-20-5-1-2-12-25(20)15-17-6-7-18(28-17)21(27)23-14-16-8-9-22-19(13-16)24-10-3-4-11-24/h1-2,5-9,12-13H,3-4,10-11,14-15H2,(H,23,27). The monoisotopic (exact) mass is 378 g/mol. The van der Waals surface area contributed by atoms with Crippen molar-refractivity contribution in [1.29, 1.82) is 0 Å². The minimum atomic E-state index is -0.286. The van der Waals surface area contributed by atoms with Gasteiger partial charge in [-0.05, 0) is 48.7 Å². The van der Waals surface area contributed by atoms with Crippen molar-refractivity contribution in [3.05, 3.63) is 82.3 Å². The van der Waals surface area contributed by atoms with Crippen LogP contribution in [0.15, 0.2) is 64.1 Å². The number of rotatable bonds is 6. The molecule has 0 spiro atoms. The molecule has 0 atom stereocenters. The van der Waals surface area contributed by atoms with Crippen LogP contribution in [0.2, 0.25) is 0 Å². The van der Waals surface area contributed by atoms with Crippen molar-refractivity contribution >= 4 is 11.7 Å². The van der Waals surface area contributed by atoms with E-state index < -0.39 is 0 Å². The summed E-state index contributed by atoms with van der Waals surface area (Å²) in [6, 6.07) is 12.2. The maximum atomic E-state index is 12.4. The van der Waals surface area contributed by atoms with E-state index in [4.69, 9.17) is 4.42 Å². The highest BCUT2D eigenvalue weighted by Gasteiger charge is 2.15. The Bertz CT molecular complexity index is 1020. The number of pyridine rings is 2. The Kier molecular flexibility index (Phi) is 5.23. The molecule has 1 fully saturated rings. The van der Waals surface area contributed by atoms with Gasteiger partial charge in [-0.15, -0.1) is 0 Å². The Hall–Kier alpha value is -3.35. The first-order valence-electron chi connectivity index (χ1n) is 9.41. The van der Waals surface area contributed by atoms with Crippen LogP contribution in [0.1, 0.15) is 34.7 Å². The van der Waals surface area contributed by atoms with Crippen LogP contribution >= 0.6 is 0 Å². The molecule has 7 heteroatoms. The molecule has 0 bridgehead atoms. The van der Waals surface area contributed by atoms with E-state index in [9.17, 15) is 9.59 Å². The maximum absolute atomic E-state index is 12.4.